The minimum Gasteiger partial charge on any atom is -0.486 e. The zero-order chi connectivity index (χ0) is 16.8. The molecule has 0 aliphatic carbocycles. The molecule has 0 saturated carbocycles. The summed E-state index contributed by atoms with van der Waals surface area (Å²) in [4.78, 5) is 14.7. The first-order valence-corrected chi connectivity index (χ1v) is 8.81. The number of nitrogens with one attached hydrogen (secondary N) is 1. The highest BCUT2D eigenvalue weighted by Crippen LogP contribution is 2.33. The van der Waals surface area contributed by atoms with Crippen molar-refractivity contribution in [2.75, 3.05) is 39.4 Å². The Kier molecular flexibility index (Phi) is 5.93. The maximum atomic E-state index is 12.4. The smallest absolute Gasteiger partial charge is 0.255 e. The largest absolute Gasteiger partial charge is 0.486 e. The van der Waals surface area contributed by atoms with Crippen LogP contribution in [0.25, 0.3) is 0 Å². The third-order valence-electron chi connectivity index (χ3n) is 4.48. The SMILES string of the molecule is O=C(NC[C@@H](O)CN1CCCCCC1)c1cccc2c1OCCO2. The molecule has 1 aromatic carbocycles. The van der Waals surface area contributed by atoms with Crippen LogP contribution in [0.4, 0.5) is 0 Å². The zero-order valence-electron chi connectivity index (χ0n) is 14.0. The van der Waals surface area contributed by atoms with Crippen molar-refractivity contribution in [3.8, 4) is 11.5 Å². The summed E-state index contributed by atoms with van der Waals surface area (Å²) in [5.41, 5.74) is 0.453. The van der Waals surface area contributed by atoms with Crippen LogP contribution < -0.4 is 14.8 Å². The number of fused-ring (bicyclic) bond motifs is 1. The standard InChI is InChI=1S/C18H26N2O4/c21-14(13-20-8-3-1-2-4-9-20)12-19-18(22)15-6-5-7-16-17(15)24-11-10-23-16/h5-7,14,21H,1-4,8-13H2,(H,19,22)/t14-/m1/s1. The molecule has 132 valence electrons. The number of para-hydroxylation sites is 1. The van der Waals surface area contributed by atoms with Crippen LogP contribution >= 0.6 is 0 Å². The fourth-order valence-electron chi connectivity index (χ4n) is 3.24. The summed E-state index contributed by atoms with van der Waals surface area (Å²) >= 11 is 0. The molecule has 0 aromatic heterocycles. The molecule has 0 spiro atoms. The number of hydrogen-bond donors (Lipinski definition) is 2. The van der Waals surface area contributed by atoms with E-state index in [0.717, 1.165) is 13.1 Å². The topological polar surface area (TPSA) is 71.0 Å². The summed E-state index contributed by atoms with van der Waals surface area (Å²) in [6.45, 7) is 3.83. The fraction of sp³-hybridized carbons (Fsp3) is 0.611. The van der Waals surface area contributed by atoms with E-state index in [9.17, 15) is 9.90 Å². The molecular formula is C18H26N2O4. The van der Waals surface area contributed by atoms with Gasteiger partial charge in [0.2, 0.25) is 0 Å². The lowest BCUT2D eigenvalue weighted by Gasteiger charge is -2.24. The second kappa shape index (κ2) is 8.35. The van der Waals surface area contributed by atoms with Crippen LogP contribution in [0, 0.1) is 0 Å². The molecule has 2 aliphatic heterocycles. The number of likely N-dealkylation sites (tertiary alicyclic amines) is 1. The van der Waals surface area contributed by atoms with Crippen molar-refractivity contribution in [2.45, 2.75) is 31.8 Å². The quantitative estimate of drug-likeness (QED) is 0.852. The van der Waals surface area contributed by atoms with E-state index in [1.54, 1.807) is 18.2 Å². The average molecular weight is 334 g/mol. The van der Waals surface area contributed by atoms with Gasteiger partial charge < -0.3 is 24.8 Å². The molecule has 2 aliphatic rings. The normalized spacial score (nSPS) is 19.4. The number of benzene rings is 1. The molecular weight excluding hydrogens is 308 g/mol. The van der Waals surface area contributed by atoms with Gasteiger partial charge in [0.1, 0.15) is 13.2 Å². The minimum absolute atomic E-state index is 0.236. The van der Waals surface area contributed by atoms with E-state index in [1.165, 1.54) is 25.7 Å². The Hall–Kier alpha value is -1.79. The van der Waals surface area contributed by atoms with Crippen molar-refractivity contribution in [2.24, 2.45) is 0 Å². The van der Waals surface area contributed by atoms with Gasteiger partial charge in [-0.2, -0.15) is 0 Å². The number of carbonyl (C=O) groups excluding carboxylic acids is 1. The van der Waals surface area contributed by atoms with E-state index < -0.39 is 6.10 Å². The lowest BCUT2D eigenvalue weighted by Crippen LogP contribution is -2.40. The van der Waals surface area contributed by atoms with Crippen molar-refractivity contribution >= 4 is 5.91 Å². The molecule has 1 fully saturated rings. The van der Waals surface area contributed by atoms with Gasteiger partial charge in [-0.05, 0) is 38.1 Å². The van der Waals surface area contributed by atoms with Gasteiger partial charge in [0, 0.05) is 13.1 Å². The molecule has 6 nitrogen and oxygen atoms in total. The average Bonchev–Trinajstić information content (AvgIpc) is 2.88. The molecule has 1 saturated heterocycles. The molecule has 0 bridgehead atoms. The first-order chi connectivity index (χ1) is 11.7. The van der Waals surface area contributed by atoms with E-state index in [1.807, 2.05) is 0 Å². The third-order valence-corrected chi connectivity index (χ3v) is 4.48. The van der Waals surface area contributed by atoms with Gasteiger partial charge in [-0.1, -0.05) is 18.9 Å². The number of aliphatic hydroxyl groups is 1. The number of β-amino-alcohol motifs (C(OH)–C–C–N with tert-alkyl or cyclic N) is 1. The number of aliphatic hydroxyl groups excluding tert-OH is 1. The van der Waals surface area contributed by atoms with Crippen LogP contribution in [0.15, 0.2) is 18.2 Å². The predicted molar refractivity (Wildman–Crippen MR) is 90.7 cm³/mol. The van der Waals surface area contributed by atoms with Gasteiger partial charge in [-0.25, -0.2) is 0 Å². The van der Waals surface area contributed by atoms with E-state index in [2.05, 4.69) is 10.2 Å². The highest BCUT2D eigenvalue weighted by molar-refractivity contribution is 5.97. The monoisotopic (exact) mass is 334 g/mol. The van der Waals surface area contributed by atoms with Crippen molar-refractivity contribution in [3.05, 3.63) is 23.8 Å². The zero-order valence-corrected chi connectivity index (χ0v) is 14.0. The van der Waals surface area contributed by atoms with Crippen molar-refractivity contribution in [1.29, 1.82) is 0 Å². The Balaban J connectivity index is 1.52. The third kappa shape index (κ3) is 4.39. The van der Waals surface area contributed by atoms with Crippen molar-refractivity contribution in [3.63, 3.8) is 0 Å². The Morgan fingerprint density at radius 2 is 1.92 bits per heavy atom. The lowest BCUT2D eigenvalue weighted by atomic mass is 10.1. The van der Waals surface area contributed by atoms with Crippen LogP contribution in [-0.2, 0) is 0 Å². The highest BCUT2D eigenvalue weighted by Gasteiger charge is 2.21. The Morgan fingerprint density at radius 1 is 1.17 bits per heavy atom. The van der Waals surface area contributed by atoms with Crippen LogP contribution in [0.5, 0.6) is 11.5 Å². The summed E-state index contributed by atoms with van der Waals surface area (Å²) in [6.07, 6.45) is 4.34. The van der Waals surface area contributed by atoms with Crippen molar-refractivity contribution in [1.82, 2.24) is 10.2 Å². The van der Waals surface area contributed by atoms with Crippen LogP contribution in [-0.4, -0.2) is 61.4 Å². The number of rotatable bonds is 5. The van der Waals surface area contributed by atoms with E-state index in [0.29, 0.717) is 36.8 Å². The highest BCUT2D eigenvalue weighted by atomic mass is 16.6. The summed E-state index contributed by atoms with van der Waals surface area (Å²) in [7, 11) is 0. The summed E-state index contributed by atoms with van der Waals surface area (Å²) in [5.74, 6) is 0.842. The second-order valence-corrected chi connectivity index (χ2v) is 6.41. The molecule has 0 unspecified atom stereocenters. The molecule has 1 atom stereocenters. The van der Waals surface area contributed by atoms with Gasteiger partial charge in [0.25, 0.3) is 5.91 Å². The Bertz CT molecular complexity index is 556. The van der Waals surface area contributed by atoms with Gasteiger partial charge in [-0.3, -0.25) is 4.79 Å². The Morgan fingerprint density at radius 3 is 2.71 bits per heavy atom. The molecule has 1 amide bonds. The number of ether oxygens (including phenoxy) is 2. The summed E-state index contributed by atoms with van der Waals surface area (Å²) < 4.78 is 11.1. The van der Waals surface area contributed by atoms with E-state index in [4.69, 9.17) is 9.47 Å². The number of nitrogens with zero attached hydrogens (tertiary/aromatic N) is 1. The summed E-state index contributed by atoms with van der Waals surface area (Å²) in [5, 5.41) is 13.0. The maximum absolute atomic E-state index is 12.4. The maximum Gasteiger partial charge on any atom is 0.255 e. The fourth-order valence-corrected chi connectivity index (χ4v) is 3.24. The number of hydrogen-bond acceptors (Lipinski definition) is 5. The van der Waals surface area contributed by atoms with Crippen molar-refractivity contribution < 1.29 is 19.4 Å². The van der Waals surface area contributed by atoms with Crippen LogP contribution in [0.3, 0.4) is 0 Å². The molecule has 1 aromatic rings. The minimum atomic E-state index is -0.566. The van der Waals surface area contributed by atoms with E-state index in [-0.39, 0.29) is 12.5 Å². The molecule has 2 N–H and O–H groups in total. The van der Waals surface area contributed by atoms with Gasteiger partial charge in [-0.15, -0.1) is 0 Å². The number of carbonyl (C=O) groups is 1. The number of amides is 1. The van der Waals surface area contributed by atoms with E-state index >= 15 is 0 Å². The molecule has 3 rings (SSSR count). The molecule has 2 heterocycles. The van der Waals surface area contributed by atoms with Gasteiger partial charge in [0.05, 0.1) is 11.7 Å². The molecule has 6 heteroatoms. The summed E-state index contributed by atoms with van der Waals surface area (Å²) in [6, 6.07) is 5.28. The molecule has 0 radical (unpaired) electrons. The predicted octanol–water partition coefficient (Wildman–Crippen LogP) is 1.42. The molecule has 24 heavy (non-hydrogen) atoms. The first-order valence-electron chi connectivity index (χ1n) is 8.81. The van der Waals surface area contributed by atoms with Gasteiger partial charge >= 0.3 is 0 Å². The first kappa shape index (κ1) is 17.0. The van der Waals surface area contributed by atoms with Gasteiger partial charge in [0.15, 0.2) is 11.5 Å². The Labute approximate surface area is 142 Å². The second-order valence-electron chi connectivity index (χ2n) is 6.41. The van der Waals surface area contributed by atoms with Crippen LogP contribution in [0.2, 0.25) is 0 Å². The van der Waals surface area contributed by atoms with Crippen LogP contribution in [0.1, 0.15) is 36.0 Å². The lowest BCUT2D eigenvalue weighted by molar-refractivity contribution is 0.0854.